The molecule has 1 fully saturated rings. The van der Waals surface area contributed by atoms with Crippen LogP contribution in [0.2, 0.25) is 0 Å². The van der Waals surface area contributed by atoms with E-state index >= 15 is 0 Å². The summed E-state index contributed by atoms with van der Waals surface area (Å²) >= 11 is 0. The maximum Gasteiger partial charge on any atom is 0.0962 e. The average molecular weight is 238 g/mol. The lowest BCUT2D eigenvalue weighted by atomic mass is 10.2. The molecular formula is C13H26N4. The Balaban J connectivity index is 2.24. The summed E-state index contributed by atoms with van der Waals surface area (Å²) in [5.74, 6) is 0. The van der Waals surface area contributed by atoms with Gasteiger partial charge in [0, 0.05) is 19.1 Å². The van der Waals surface area contributed by atoms with Gasteiger partial charge in [0.15, 0.2) is 0 Å². The van der Waals surface area contributed by atoms with Gasteiger partial charge in [-0.1, -0.05) is 6.92 Å². The zero-order valence-electron chi connectivity index (χ0n) is 11.4. The highest BCUT2D eigenvalue weighted by atomic mass is 15.2. The van der Waals surface area contributed by atoms with Crippen molar-refractivity contribution in [3.05, 3.63) is 0 Å². The minimum Gasteiger partial charge on any atom is -0.305 e. The number of likely N-dealkylation sites (tertiary alicyclic amines) is 1. The second-order valence-electron chi connectivity index (χ2n) is 4.95. The second-order valence-corrected chi connectivity index (χ2v) is 4.95. The molecule has 0 aromatic rings. The predicted molar refractivity (Wildman–Crippen MR) is 70.8 cm³/mol. The van der Waals surface area contributed by atoms with Crippen molar-refractivity contribution in [1.29, 1.82) is 5.26 Å². The first-order valence-corrected chi connectivity index (χ1v) is 6.70. The lowest BCUT2D eigenvalue weighted by Gasteiger charge is -2.28. The molecule has 0 saturated carbocycles. The van der Waals surface area contributed by atoms with Crippen molar-refractivity contribution in [3.8, 4) is 6.07 Å². The van der Waals surface area contributed by atoms with Gasteiger partial charge < -0.3 is 10.2 Å². The van der Waals surface area contributed by atoms with E-state index in [2.05, 4.69) is 35.2 Å². The molecule has 1 heterocycles. The Kier molecular flexibility index (Phi) is 6.49. The Morgan fingerprint density at radius 3 is 2.94 bits per heavy atom. The molecule has 0 spiro atoms. The van der Waals surface area contributed by atoms with E-state index in [0.29, 0.717) is 0 Å². The van der Waals surface area contributed by atoms with Crippen LogP contribution in [-0.2, 0) is 0 Å². The predicted octanol–water partition coefficient (Wildman–Crippen LogP) is 0.904. The molecular weight excluding hydrogens is 212 g/mol. The molecule has 0 radical (unpaired) electrons. The quantitative estimate of drug-likeness (QED) is 0.716. The molecule has 2 unspecified atom stereocenters. The Morgan fingerprint density at radius 2 is 2.35 bits per heavy atom. The molecule has 1 aliphatic heterocycles. The van der Waals surface area contributed by atoms with E-state index in [0.717, 1.165) is 32.1 Å². The zero-order chi connectivity index (χ0) is 12.7. The molecule has 98 valence electrons. The van der Waals surface area contributed by atoms with E-state index in [1.165, 1.54) is 19.4 Å². The minimum atomic E-state index is -0.0108. The summed E-state index contributed by atoms with van der Waals surface area (Å²) < 4.78 is 0. The van der Waals surface area contributed by atoms with Gasteiger partial charge in [-0.2, -0.15) is 5.26 Å². The van der Waals surface area contributed by atoms with Crippen LogP contribution in [0.3, 0.4) is 0 Å². The molecule has 0 aromatic carbocycles. The number of rotatable bonds is 7. The zero-order valence-corrected chi connectivity index (χ0v) is 11.4. The highest BCUT2D eigenvalue weighted by molar-refractivity contribution is 4.89. The largest absolute Gasteiger partial charge is 0.305 e. The van der Waals surface area contributed by atoms with Crippen LogP contribution in [0.1, 0.15) is 26.2 Å². The maximum absolute atomic E-state index is 8.86. The van der Waals surface area contributed by atoms with Crippen LogP contribution in [0, 0.1) is 11.3 Å². The molecule has 1 rings (SSSR count). The molecule has 4 nitrogen and oxygen atoms in total. The van der Waals surface area contributed by atoms with Crippen LogP contribution < -0.4 is 5.32 Å². The van der Waals surface area contributed by atoms with Crippen LogP contribution in [0.15, 0.2) is 0 Å². The number of nitrogens with zero attached hydrogens (tertiary/aromatic N) is 3. The molecule has 4 heteroatoms. The van der Waals surface area contributed by atoms with Crippen molar-refractivity contribution < 1.29 is 0 Å². The van der Waals surface area contributed by atoms with Crippen molar-refractivity contribution in [2.45, 2.75) is 38.3 Å². The second kappa shape index (κ2) is 7.65. The fraction of sp³-hybridized carbons (Fsp3) is 0.923. The summed E-state index contributed by atoms with van der Waals surface area (Å²) in [4.78, 5) is 4.93. The Labute approximate surface area is 106 Å². The molecule has 2 atom stereocenters. The van der Waals surface area contributed by atoms with E-state index in [4.69, 9.17) is 5.26 Å². The number of nitriles is 1. The highest BCUT2D eigenvalue weighted by Crippen LogP contribution is 2.17. The SMILES string of the molecule is CCN1CCCC1CN(C)CCC(C#N)NC. The fourth-order valence-electron chi connectivity index (χ4n) is 2.59. The van der Waals surface area contributed by atoms with E-state index in [1.54, 1.807) is 0 Å². The van der Waals surface area contributed by atoms with Crippen molar-refractivity contribution in [1.82, 2.24) is 15.1 Å². The summed E-state index contributed by atoms with van der Waals surface area (Å²) in [6.45, 7) is 6.79. The van der Waals surface area contributed by atoms with Crippen LogP contribution in [0.25, 0.3) is 0 Å². The van der Waals surface area contributed by atoms with Gasteiger partial charge in [-0.15, -0.1) is 0 Å². The van der Waals surface area contributed by atoms with Gasteiger partial charge in [0.2, 0.25) is 0 Å². The summed E-state index contributed by atoms with van der Waals surface area (Å²) in [7, 11) is 4.01. The van der Waals surface area contributed by atoms with Gasteiger partial charge in [0.05, 0.1) is 12.1 Å². The first-order valence-electron chi connectivity index (χ1n) is 6.70. The number of nitrogens with one attached hydrogen (secondary N) is 1. The first-order chi connectivity index (χ1) is 8.21. The monoisotopic (exact) mass is 238 g/mol. The third kappa shape index (κ3) is 4.63. The Bertz CT molecular complexity index is 248. The van der Waals surface area contributed by atoms with Crippen molar-refractivity contribution in [2.24, 2.45) is 0 Å². The fourth-order valence-corrected chi connectivity index (χ4v) is 2.59. The van der Waals surface area contributed by atoms with Gasteiger partial charge in [0.25, 0.3) is 0 Å². The van der Waals surface area contributed by atoms with Gasteiger partial charge in [-0.3, -0.25) is 4.90 Å². The molecule has 17 heavy (non-hydrogen) atoms. The summed E-state index contributed by atoms with van der Waals surface area (Å²) in [6.07, 6.45) is 3.57. The standard InChI is InChI=1S/C13H26N4/c1-4-17-8-5-6-13(17)11-16(3)9-7-12(10-14)15-2/h12-13,15H,4-9,11H2,1-3H3. The van der Waals surface area contributed by atoms with Crippen LogP contribution in [-0.4, -0.2) is 62.2 Å². The van der Waals surface area contributed by atoms with Crippen molar-refractivity contribution in [2.75, 3.05) is 40.3 Å². The minimum absolute atomic E-state index is 0.0108. The topological polar surface area (TPSA) is 42.3 Å². The van der Waals surface area contributed by atoms with Gasteiger partial charge in [-0.05, 0) is 46.4 Å². The molecule has 0 bridgehead atoms. The molecule has 0 amide bonds. The molecule has 1 N–H and O–H groups in total. The molecule has 0 aliphatic carbocycles. The van der Waals surface area contributed by atoms with Crippen molar-refractivity contribution >= 4 is 0 Å². The smallest absolute Gasteiger partial charge is 0.0962 e. The highest BCUT2D eigenvalue weighted by Gasteiger charge is 2.23. The van der Waals surface area contributed by atoms with Gasteiger partial charge in [0.1, 0.15) is 0 Å². The van der Waals surface area contributed by atoms with Gasteiger partial charge in [-0.25, -0.2) is 0 Å². The Hall–Kier alpha value is -0.630. The van der Waals surface area contributed by atoms with Crippen molar-refractivity contribution in [3.63, 3.8) is 0 Å². The lowest BCUT2D eigenvalue weighted by Crippen LogP contribution is -2.40. The van der Waals surface area contributed by atoms with E-state index < -0.39 is 0 Å². The third-order valence-electron chi connectivity index (χ3n) is 3.73. The summed E-state index contributed by atoms with van der Waals surface area (Å²) in [5.41, 5.74) is 0. The van der Waals surface area contributed by atoms with Crippen LogP contribution in [0.5, 0.6) is 0 Å². The number of likely N-dealkylation sites (N-methyl/N-ethyl adjacent to an activating group) is 2. The summed E-state index contributed by atoms with van der Waals surface area (Å²) in [6, 6.07) is 2.98. The van der Waals surface area contributed by atoms with Gasteiger partial charge >= 0.3 is 0 Å². The Morgan fingerprint density at radius 1 is 1.59 bits per heavy atom. The normalized spacial score (nSPS) is 22.9. The number of hydrogen-bond acceptors (Lipinski definition) is 4. The molecule has 1 saturated heterocycles. The maximum atomic E-state index is 8.86. The summed E-state index contributed by atoms with van der Waals surface area (Å²) in [5, 5.41) is 11.9. The van der Waals surface area contributed by atoms with E-state index in [1.807, 2.05) is 7.05 Å². The average Bonchev–Trinajstić information content (AvgIpc) is 2.77. The van der Waals surface area contributed by atoms with E-state index in [9.17, 15) is 0 Å². The molecule has 0 aromatic heterocycles. The van der Waals surface area contributed by atoms with E-state index in [-0.39, 0.29) is 6.04 Å². The van der Waals surface area contributed by atoms with Crippen LogP contribution in [0.4, 0.5) is 0 Å². The first kappa shape index (κ1) is 14.4. The molecule has 1 aliphatic rings. The number of hydrogen-bond donors (Lipinski definition) is 1. The van der Waals surface area contributed by atoms with Crippen LogP contribution >= 0.6 is 0 Å². The lowest BCUT2D eigenvalue weighted by molar-refractivity contribution is 0.196. The third-order valence-corrected chi connectivity index (χ3v) is 3.73.